The second-order valence-electron chi connectivity index (χ2n) is 7.96. The van der Waals surface area contributed by atoms with E-state index in [1.165, 1.54) is 6.07 Å². The van der Waals surface area contributed by atoms with Crippen molar-refractivity contribution in [3.63, 3.8) is 0 Å². The number of allylic oxidation sites excluding steroid dienone is 2. The Labute approximate surface area is 195 Å². The topological polar surface area (TPSA) is 51.7 Å². The quantitative estimate of drug-likeness (QED) is 0.377. The molecule has 3 aromatic rings. The first-order chi connectivity index (χ1) is 16.0. The summed E-state index contributed by atoms with van der Waals surface area (Å²) in [6.07, 6.45) is 5.62. The van der Waals surface area contributed by atoms with E-state index >= 15 is 0 Å². The van der Waals surface area contributed by atoms with Gasteiger partial charge >= 0.3 is 6.61 Å². The SMILES string of the molecule is CCOc1cc(CN(C)C(=O)C2CC=CCC2c2nc3ccccc3s2)ccc1OC(F)F. The van der Waals surface area contributed by atoms with Crippen LogP contribution in [0.2, 0.25) is 0 Å². The molecule has 0 bridgehead atoms. The van der Waals surface area contributed by atoms with Gasteiger partial charge in [-0.1, -0.05) is 30.4 Å². The number of nitrogens with zero attached hydrogens (tertiary/aromatic N) is 2. The lowest BCUT2D eigenvalue weighted by molar-refractivity contribution is -0.135. The minimum Gasteiger partial charge on any atom is -0.490 e. The molecule has 2 aromatic carbocycles. The number of fused-ring (bicyclic) bond motifs is 1. The fourth-order valence-corrected chi connectivity index (χ4v) is 5.30. The third-order valence-corrected chi connectivity index (χ3v) is 6.87. The molecule has 0 saturated carbocycles. The number of thiazole rings is 1. The Morgan fingerprint density at radius 3 is 2.73 bits per heavy atom. The number of hydrogen-bond acceptors (Lipinski definition) is 5. The minimum atomic E-state index is -2.93. The van der Waals surface area contributed by atoms with Gasteiger partial charge in [0, 0.05) is 19.5 Å². The van der Waals surface area contributed by atoms with Crippen molar-refractivity contribution < 1.29 is 23.0 Å². The third-order valence-electron chi connectivity index (χ3n) is 5.70. The number of ether oxygens (including phenoxy) is 2. The predicted octanol–water partition coefficient (Wildman–Crippen LogP) is 6.00. The van der Waals surface area contributed by atoms with Crippen molar-refractivity contribution in [1.82, 2.24) is 9.88 Å². The molecule has 1 heterocycles. The Kier molecular flexibility index (Phi) is 7.23. The number of halogens is 2. The summed E-state index contributed by atoms with van der Waals surface area (Å²) in [6, 6.07) is 12.8. The van der Waals surface area contributed by atoms with Crippen LogP contribution in [0.25, 0.3) is 10.2 Å². The third kappa shape index (κ3) is 5.33. The van der Waals surface area contributed by atoms with Crippen LogP contribution in [0.15, 0.2) is 54.6 Å². The molecule has 8 heteroatoms. The van der Waals surface area contributed by atoms with E-state index in [9.17, 15) is 13.6 Å². The highest BCUT2D eigenvalue weighted by molar-refractivity contribution is 7.18. The maximum atomic E-state index is 13.4. The molecule has 33 heavy (non-hydrogen) atoms. The maximum absolute atomic E-state index is 13.4. The fourth-order valence-electron chi connectivity index (χ4n) is 4.16. The van der Waals surface area contributed by atoms with Gasteiger partial charge in [-0.15, -0.1) is 11.3 Å². The van der Waals surface area contributed by atoms with Crippen molar-refractivity contribution in [2.75, 3.05) is 13.7 Å². The van der Waals surface area contributed by atoms with Crippen LogP contribution in [-0.2, 0) is 11.3 Å². The molecular formula is C25H26F2N2O3S. The van der Waals surface area contributed by atoms with Gasteiger partial charge < -0.3 is 14.4 Å². The number of carbonyl (C=O) groups is 1. The normalized spacial score (nSPS) is 18.0. The van der Waals surface area contributed by atoms with Crippen LogP contribution in [-0.4, -0.2) is 36.1 Å². The Morgan fingerprint density at radius 2 is 1.97 bits per heavy atom. The summed E-state index contributed by atoms with van der Waals surface area (Å²) in [5.41, 5.74) is 1.74. The lowest BCUT2D eigenvalue weighted by atomic mass is 9.82. The fraction of sp³-hybridized carbons (Fsp3) is 0.360. The molecule has 4 rings (SSSR count). The molecule has 0 spiro atoms. The van der Waals surface area contributed by atoms with Gasteiger partial charge in [0.05, 0.1) is 27.7 Å². The zero-order chi connectivity index (χ0) is 23.4. The molecule has 0 radical (unpaired) electrons. The van der Waals surface area contributed by atoms with E-state index in [-0.39, 0.29) is 29.2 Å². The highest BCUT2D eigenvalue weighted by Gasteiger charge is 2.34. The summed E-state index contributed by atoms with van der Waals surface area (Å²) in [5.74, 6) is 0.0907. The minimum absolute atomic E-state index is 0.0158. The Balaban J connectivity index is 1.51. The highest BCUT2D eigenvalue weighted by Crippen LogP contribution is 2.39. The molecule has 2 atom stereocenters. The van der Waals surface area contributed by atoms with E-state index in [2.05, 4.69) is 23.0 Å². The van der Waals surface area contributed by atoms with Crippen molar-refractivity contribution >= 4 is 27.5 Å². The number of hydrogen-bond donors (Lipinski definition) is 0. The lowest BCUT2D eigenvalue weighted by Crippen LogP contribution is -2.36. The first kappa shape index (κ1) is 23.2. The first-order valence-electron chi connectivity index (χ1n) is 10.9. The van der Waals surface area contributed by atoms with Crippen molar-refractivity contribution in [3.05, 3.63) is 65.2 Å². The maximum Gasteiger partial charge on any atom is 0.387 e. The number of amides is 1. The number of benzene rings is 2. The van der Waals surface area contributed by atoms with Crippen molar-refractivity contribution in [3.8, 4) is 11.5 Å². The molecule has 0 fully saturated rings. The van der Waals surface area contributed by atoms with Gasteiger partial charge in [0.1, 0.15) is 0 Å². The van der Waals surface area contributed by atoms with Crippen LogP contribution in [0, 0.1) is 5.92 Å². The van der Waals surface area contributed by atoms with Gasteiger partial charge in [-0.05, 0) is 49.6 Å². The number of carbonyl (C=O) groups excluding carboxylic acids is 1. The van der Waals surface area contributed by atoms with Crippen LogP contribution >= 0.6 is 11.3 Å². The summed E-state index contributed by atoms with van der Waals surface area (Å²) >= 11 is 1.65. The van der Waals surface area contributed by atoms with E-state index in [1.807, 2.05) is 18.2 Å². The number of alkyl halides is 2. The molecule has 1 amide bonds. The highest BCUT2D eigenvalue weighted by atomic mass is 32.1. The first-order valence-corrected chi connectivity index (χ1v) is 11.7. The van der Waals surface area contributed by atoms with Crippen LogP contribution in [0.1, 0.15) is 36.3 Å². The van der Waals surface area contributed by atoms with Crippen molar-refractivity contribution in [2.45, 2.75) is 38.8 Å². The Bertz CT molecular complexity index is 1110. The largest absolute Gasteiger partial charge is 0.490 e. The second kappa shape index (κ2) is 10.3. The number of aromatic nitrogens is 1. The molecule has 174 valence electrons. The monoisotopic (exact) mass is 472 g/mol. The van der Waals surface area contributed by atoms with Gasteiger partial charge in [0.25, 0.3) is 0 Å². The zero-order valence-electron chi connectivity index (χ0n) is 18.5. The van der Waals surface area contributed by atoms with Gasteiger partial charge in [-0.2, -0.15) is 8.78 Å². The average molecular weight is 473 g/mol. The summed E-state index contributed by atoms with van der Waals surface area (Å²) in [4.78, 5) is 19.9. The Hall–Kier alpha value is -3.00. The molecule has 2 unspecified atom stereocenters. The van der Waals surface area contributed by atoms with Gasteiger partial charge in [-0.25, -0.2) is 4.98 Å². The van der Waals surface area contributed by atoms with Gasteiger partial charge in [-0.3, -0.25) is 4.79 Å². The van der Waals surface area contributed by atoms with E-state index in [0.29, 0.717) is 19.6 Å². The van der Waals surface area contributed by atoms with Crippen LogP contribution in [0.5, 0.6) is 11.5 Å². The molecule has 1 aliphatic rings. The standard InChI is InChI=1S/C25H26F2N2O3S/c1-3-31-21-14-16(12-13-20(21)32-25(26)27)15-29(2)24(30)18-9-5-4-8-17(18)23-28-19-10-6-7-11-22(19)33-23/h4-7,10-14,17-18,25H,3,8-9,15H2,1-2H3. The molecule has 5 nitrogen and oxygen atoms in total. The molecule has 0 N–H and O–H groups in total. The van der Waals surface area contributed by atoms with E-state index in [1.54, 1.807) is 42.3 Å². The average Bonchev–Trinajstić information content (AvgIpc) is 3.24. The summed E-state index contributed by atoms with van der Waals surface area (Å²) in [5, 5.41) is 0.986. The van der Waals surface area contributed by atoms with E-state index in [0.717, 1.165) is 27.2 Å². The van der Waals surface area contributed by atoms with Crippen molar-refractivity contribution in [2.24, 2.45) is 5.92 Å². The molecule has 0 saturated heterocycles. The Morgan fingerprint density at radius 1 is 1.18 bits per heavy atom. The van der Waals surface area contributed by atoms with Crippen LogP contribution < -0.4 is 9.47 Å². The van der Waals surface area contributed by atoms with Crippen LogP contribution in [0.3, 0.4) is 0 Å². The predicted molar refractivity (Wildman–Crippen MR) is 125 cm³/mol. The molecular weight excluding hydrogens is 446 g/mol. The van der Waals surface area contributed by atoms with E-state index < -0.39 is 6.61 Å². The summed E-state index contributed by atoms with van der Waals surface area (Å²) < 4.78 is 36.5. The van der Waals surface area contributed by atoms with E-state index in [4.69, 9.17) is 9.72 Å². The molecule has 1 aliphatic carbocycles. The molecule has 0 aliphatic heterocycles. The zero-order valence-corrected chi connectivity index (χ0v) is 19.4. The van der Waals surface area contributed by atoms with Gasteiger partial charge in [0.2, 0.25) is 5.91 Å². The van der Waals surface area contributed by atoms with Crippen LogP contribution in [0.4, 0.5) is 8.78 Å². The van der Waals surface area contributed by atoms with Crippen molar-refractivity contribution in [1.29, 1.82) is 0 Å². The molecule has 1 aromatic heterocycles. The van der Waals surface area contributed by atoms with Gasteiger partial charge in [0.15, 0.2) is 11.5 Å². The summed E-state index contributed by atoms with van der Waals surface area (Å²) in [6.45, 7) is -0.512. The summed E-state index contributed by atoms with van der Waals surface area (Å²) in [7, 11) is 1.76. The number of rotatable bonds is 8. The lowest BCUT2D eigenvalue weighted by Gasteiger charge is -2.30. The smallest absolute Gasteiger partial charge is 0.387 e. The number of para-hydroxylation sites is 1. The second-order valence-corrected chi connectivity index (χ2v) is 9.02.